The van der Waals surface area contributed by atoms with Crippen LogP contribution in [0.1, 0.15) is 20.7 Å². The van der Waals surface area contributed by atoms with Crippen LogP contribution in [0.15, 0.2) is 77.3 Å². The summed E-state index contributed by atoms with van der Waals surface area (Å²) in [5.41, 5.74) is 1.53. The predicted octanol–water partition coefficient (Wildman–Crippen LogP) is 5.57. The molecule has 3 aromatic carbocycles. The Morgan fingerprint density at radius 2 is 1.38 bits per heavy atom. The van der Waals surface area contributed by atoms with Gasteiger partial charge in [-0.3, -0.25) is 4.79 Å². The van der Waals surface area contributed by atoms with Crippen molar-refractivity contribution < 1.29 is 14.3 Å². The van der Waals surface area contributed by atoms with Gasteiger partial charge in [-0.05, 0) is 72.8 Å². The first kappa shape index (κ1) is 18.2. The fourth-order valence-corrected chi connectivity index (χ4v) is 2.55. The molecule has 1 amide bonds. The summed E-state index contributed by atoms with van der Waals surface area (Å²) in [7, 11) is 0. The maximum atomic E-state index is 12.2. The van der Waals surface area contributed by atoms with Gasteiger partial charge < -0.3 is 10.1 Å². The van der Waals surface area contributed by atoms with Gasteiger partial charge in [0.25, 0.3) is 5.91 Å². The Bertz CT molecular complexity index is 923. The lowest BCUT2D eigenvalue weighted by Gasteiger charge is -2.07. The minimum Gasteiger partial charge on any atom is -0.423 e. The fourth-order valence-electron chi connectivity index (χ4n) is 2.16. The zero-order valence-electron chi connectivity index (χ0n) is 13.4. The van der Waals surface area contributed by atoms with Crippen LogP contribution in [-0.2, 0) is 0 Å². The molecule has 3 rings (SSSR count). The first-order valence-corrected chi connectivity index (χ1v) is 8.83. The number of carbonyl (C=O) groups is 2. The molecule has 0 aliphatic carbocycles. The summed E-state index contributed by atoms with van der Waals surface area (Å²) in [6.45, 7) is 0. The molecule has 0 unspecified atom stereocenters. The normalized spacial score (nSPS) is 10.2. The molecule has 0 aliphatic rings. The first-order valence-electron chi connectivity index (χ1n) is 7.66. The molecule has 0 aromatic heterocycles. The number of anilines is 1. The van der Waals surface area contributed by atoms with E-state index in [4.69, 9.17) is 16.3 Å². The van der Waals surface area contributed by atoms with Gasteiger partial charge in [0.2, 0.25) is 0 Å². The molecule has 0 radical (unpaired) electrons. The molecule has 0 fully saturated rings. The van der Waals surface area contributed by atoms with Gasteiger partial charge in [-0.2, -0.15) is 0 Å². The monoisotopic (exact) mass is 429 g/mol. The number of rotatable bonds is 4. The minimum atomic E-state index is -0.462. The average molecular weight is 431 g/mol. The van der Waals surface area contributed by atoms with E-state index >= 15 is 0 Å². The first-order chi connectivity index (χ1) is 12.5. The Morgan fingerprint density at radius 3 is 2.00 bits per heavy atom. The molecule has 4 nitrogen and oxygen atoms in total. The Labute approximate surface area is 163 Å². The molecule has 6 heteroatoms. The highest BCUT2D eigenvalue weighted by Gasteiger charge is 2.10. The van der Waals surface area contributed by atoms with Crippen LogP contribution in [0.25, 0.3) is 0 Å². The summed E-state index contributed by atoms with van der Waals surface area (Å²) >= 11 is 9.13. The summed E-state index contributed by atoms with van der Waals surface area (Å²) in [5, 5.41) is 3.36. The number of hydrogen-bond donors (Lipinski definition) is 1. The van der Waals surface area contributed by atoms with Crippen molar-refractivity contribution in [2.75, 3.05) is 5.32 Å². The van der Waals surface area contributed by atoms with Gasteiger partial charge in [-0.15, -0.1) is 0 Å². The summed E-state index contributed by atoms with van der Waals surface area (Å²) in [6, 6.07) is 20.0. The van der Waals surface area contributed by atoms with Crippen LogP contribution in [0, 0.1) is 0 Å². The van der Waals surface area contributed by atoms with E-state index in [1.165, 1.54) is 0 Å². The van der Waals surface area contributed by atoms with Gasteiger partial charge in [-0.25, -0.2) is 4.79 Å². The highest BCUT2D eigenvalue weighted by Crippen LogP contribution is 2.18. The van der Waals surface area contributed by atoms with Crippen molar-refractivity contribution in [3.8, 4) is 5.75 Å². The van der Waals surface area contributed by atoms with Gasteiger partial charge in [0.1, 0.15) is 5.75 Å². The molecule has 0 aliphatic heterocycles. The molecule has 0 spiro atoms. The lowest BCUT2D eigenvalue weighted by molar-refractivity contribution is 0.0734. The summed E-state index contributed by atoms with van der Waals surface area (Å²) in [4.78, 5) is 24.3. The fraction of sp³-hybridized carbons (Fsp3) is 0. The van der Waals surface area contributed by atoms with Crippen molar-refractivity contribution in [2.45, 2.75) is 0 Å². The quantitative estimate of drug-likeness (QED) is 0.434. The van der Waals surface area contributed by atoms with E-state index in [0.717, 1.165) is 4.47 Å². The van der Waals surface area contributed by atoms with Crippen LogP contribution in [0.4, 0.5) is 5.69 Å². The van der Waals surface area contributed by atoms with E-state index in [1.54, 1.807) is 72.8 Å². The summed E-state index contributed by atoms with van der Waals surface area (Å²) in [5.74, 6) is -0.366. The van der Waals surface area contributed by atoms with E-state index in [-0.39, 0.29) is 5.91 Å². The van der Waals surface area contributed by atoms with Crippen LogP contribution in [0.5, 0.6) is 5.75 Å². The largest absolute Gasteiger partial charge is 0.423 e. The number of nitrogens with one attached hydrogen (secondary N) is 1. The van der Waals surface area contributed by atoms with E-state index < -0.39 is 5.97 Å². The Balaban J connectivity index is 1.64. The Kier molecular flexibility index (Phi) is 5.71. The number of hydrogen-bond acceptors (Lipinski definition) is 3. The molecule has 1 N–H and O–H groups in total. The van der Waals surface area contributed by atoms with Gasteiger partial charge in [0.05, 0.1) is 5.56 Å². The van der Waals surface area contributed by atoms with Crippen LogP contribution < -0.4 is 10.1 Å². The zero-order valence-corrected chi connectivity index (χ0v) is 15.8. The standard InChI is InChI=1S/C20H13BrClNO3/c21-15-5-1-14(2-6-15)20(25)26-18-11-3-13(4-12-18)19(24)23-17-9-7-16(22)8-10-17/h1-12H,(H,23,24). The minimum absolute atomic E-state index is 0.266. The van der Waals surface area contributed by atoms with Crippen LogP contribution >= 0.6 is 27.5 Å². The molecule has 130 valence electrons. The number of carbonyl (C=O) groups excluding carboxylic acids is 2. The van der Waals surface area contributed by atoms with Gasteiger partial charge in [0, 0.05) is 20.7 Å². The van der Waals surface area contributed by atoms with Crippen LogP contribution in [0.3, 0.4) is 0 Å². The van der Waals surface area contributed by atoms with E-state index in [2.05, 4.69) is 21.2 Å². The van der Waals surface area contributed by atoms with E-state index in [0.29, 0.717) is 27.6 Å². The van der Waals surface area contributed by atoms with Crippen molar-refractivity contribution in [2.24, 2.45) is 0 Å². The predicted molar refractivity (Wildman–Crippen MR) is 105 cm³/mol. The number of amides is 1. The second kappa shape index (κ2) is 8.17. The smallest absolute Gasteiger partial charge is 0.343 e. The van der Waals surface area contributed by atoms with Gasteiger partial charge in [0.15, 0.2) is 0 Å². The van der Waals surface area contributed by atoms with Crippen molar-refractivity contribution in [3.05, 3.63) is 93.4 Å². The topological polar surface area (TPSA) is 55.4 Å². The third-order valence-corrected chi connectivity index (χ3v) is 4.29. The maximum absolute atomic E-state index is 12.2. The van der Waals surface area contributed by atoms with Crippen molar-refractivity contribution in [1.29, 1.82) is 0 Å². The highest BCUT2D eigenvalue weighted by atomic mass is 79.9. The van der Waals surface area contributed by atoms with Crippen molar-refractivity contribution in [3.63, 3.8) is 0 Å². The number of halogens is 2. The molecular weight excluding hydrogens is 418 g/mol. The molecule has 3 aromatic rings. The van der Waals surface area contributed by atoms with Crippen LogP contribution in [0.2, 0.25) is 5.02 Å². The van der Waals surface area contributed by atoms with Gasteiger partial charge in [-0.1, -0.05) is 27.5 Å². The summed E-state index contributed by atoms with van der Waals surface area (Å²) in [6.07, 6.45) is 0. The molecule has 0 heterocycles. The Hall–Kier alpha value is -2.63. The molecule has 0 saturated heterocycles. The molecular formula is C20H13BrClNO3. The highest BCUT2D eigenvalue weighted by molar-refractivity contribution is 9.10. The van der Waals surface area contributed by atoms with Crippen LogP contribution in [-0.4, -0.2) is 11.9 Å². The van der Waals surface area contributed by atoms with Gasteiger partial charge >= 0.3 is 5.97 Å². The lowest BCUT2D eigenvalue weighted by Crippen LogP contribution is -2.12. The van der Waals surface area contributed by atoms with E-state index in [9.17, 15) is 9.59 Å². The third kappa shape index (κ3) is 4.71. The molecule has 0 saturated carbocycles. The second-order valence-electron chi connectivity index (χ2n) is 5.38. The number of benzene rings is 3. The molecule has 0 atom stereocenters. The molecule has 26 heavy (non-hydrogen) atoms. The number of ether oxygens (including phenoxy) is 1. The number of esters is 1. The zero-order chi connectivity index (χ0) is 18.5. The lowest BCUT2D eigenvalue weighted by atomic mass is 10.2. The second-order valence-corrected chi connectivity index (χ2v) is 6.73. The van der Waals surface area contributed by atoms with Crippen molar-refractivity contribution in [1.82, 2.24) is 0 Å². The van der Waals surface area contributed by atoms with E-state index in [1.807, 2.05) is 0 Å². The molecule has 0 bridgehead atoms. The maximum Gasteiger partial charge on any atom is 0.343 e. The third-order valence-electron chi connectivity index (χ3n) is 3.51. The van der Waals surface area contributed by atoms with Crippen molar-refractivity contribution >= 4 is 45.1 Å². The Morgan fingerprint density at radius 1 is 0.808 bits per heavy atom. The summed E-state index contributed by atoms with van der Waals surface area (Å²) < 4.78 is 6.19. The average Bonchev–Trinajstić information content (AvgIpc) is 2.64. The SMILES string of the molecule is O=C(Nc1ccc(Cl)cc1)c1ccc(OC(=O)c2ccc(Br)cc2)cc1.